The average Bonchev–Trinajstić information content (AvgIpc) is 3.24. The van der Waals surface area contributed by atoms with Crippen molar-refractivity contribution in [3.63, 3.8) is 0 Å². The molecule has 0 amide bonds. The number of benzene rings is 1. The first kappa shape index (κ1) is 31.0. The summed E-state index contributed by atoms with van der Waals surface area (Å²) >= 11 is 3.50. The Kier molecular flexibility index (Phi) is 14.8. The van der Waals surface area contributed by atoms with Crippen LogP contribution in [0.3, 0.4) is 0 Å². The summed E-state index contributed by atoms with van der Waals surface area (Å²) in [7, 11) is 0. The van der Waals surface area contributed by atoms with Crippen LogP contribution in [0, 0.1) is 12.3 Å². The normalized spacial score (nSPS) is 9.76. The summed E-state index contributed by atoms with van der Waals surface area (Å²) in [6.45, 7) is 4.90. The van der Waals surface area contributed by atoms with Gasteiger partial charge in [0, 0.05) is 43.0 Å². The Morgan fingerprint density at radius 2 is 1.82 bits per heavy atom. The number of rotatable bonds is 10. The number of hydrogen-bond donors (Lipinski definition) is 3. The van der Waals surface area contributed by atoms with Crippen LogP contribution in [0.2, 0.25) is 0 Å². The van der Waals surface area contributed by atoms with Crippen LogP contribution in [0.5, 0.6) is 0 Å². The van der Waals surface area contributed by atoms with Crippen molar-refractivity contribution >= 4 is 64.9 Å². The number of nitrogens with two attached hydrogens (primary N) is 1. The molecule has 3 rings (SSSR count). The van der Waals surface area contributed by atoms with Gasteiger partial charge in [0.15, 0.2) is 5.96 Å². The summed E-state index contributed by atoms with van der Waals surface area (Å²) in [5, 5.41) is 7.99. The van der Waals surface area contributed by atoms with E-state index in [9.17, 15) is 0 Å². The highest BCUT2D eigenvalue weighted by Gasteiger charge is 2.15. The molecule has 182 valence electrons. The zero-order valence-corrected chi connectivity index (χ0v) is 22.4. The highest BCUT2D eigenvalue weighted by atomic mass is 79.9. The second kappa shape index (κ2) is 15.8. The first-order chi connectivity index (χ1) is 14.5. The maximum absolute atomic E-state index is 7.99. The average molecular weight is 580 g/mol. The second-order valence-corrected chi connectivity index (χ2v) is 8.15. The maximum atomic E-state index is 7.99. The zero-order valence-electron chi connectivity index (χ0n) is 18.4. The van der Waals surface area contributed by atoms with Gasteiger partial charge in [-0.1, -0.05) is 30.3 Å². The number of anilines is 1. The minimum atomic E-state index is 0. The number of nitrogens with one attached hydrogen (secondary N) is 2. The van der Waals surface area contributed by atoms with Gasteiger partial charge < -0.3 is 20.5 Å². The number of H-pyrrole nitrogens is 1. The van der Waals surface area contributed by atoms with E-state index in [1.165, 1.54) is 5.56 Å². The number of aromatic amines is 1. The number of imidazole rings is 1. The predicted molar refractivity (Wildman–Crippen MR) is 146 cm³/mol. The Labute approximate surface area is 222 Å². The number of aromatic nitrogens is 3. The molecule has 0 radical (unpaired) electrons. The third kappa shape index (κ3) is 9.80. The van der Waals surface area contributed by atoms with Crippen LogP contribution in [-0.4, -0.2) is 45.4 Å². The van der Waals surface area contributed by atoms with E-state index in [0.29, 0.717) is 19.6 Å². The molecule has 0 saturated carbocycles. The number of hydrogen-bond acceptors (Lipinski definition) is 4. The van der Waals surface area contributed by atoms with Gasteiger partial charge in [-0.15, -0.1) is 37.2 Å². The van der Waals surface area contributed by atoms with Gasteiger partial charge in [0.2, 0.25) is 0 Å². The van der Waals surface area contributed by atoms with Gasteiger partial charge in [0.05, 0.1) is 12.0 Å². The monoisotopic (exact) mass is 577 g/mol. The molecule has 0 saturated heterocycles. The second-order valence-electron chi connectivity index (χ2n) is 7.24. The van der Waals surface area contributed by atoms with Gasteiger partial charge >= 0.3 is 0 Å². The Morgan fingerprint density at radius 1 is 1.09 bits per heavy atom. The number of guanidine groups is 1. The van der Waals surface area contributed by atoms with E-state index < -0.39 is 0 Å². The molecule has 0 spiro atoms. The lowest BCUT2D eigenvalue weighted by atomic mass is 10.2. The zero-order chi connectivity index (χ0) is 21.3. The smallest absolute Gasteiger partial charge is 0.188 e. The summed E-state index contributed by atoms with van der Waals surface area (Å²) in [6, 6.07) is 12.4. The summed E-state index contributed by atoms with van der Waals surface area (Å²) in [5.41, 5.74) is 9.22. The molecule has 0 atom stereocenters. The Balaban J connectivity index is 0.00000341. The number of halogens is 4. The summed E-state index contributed by atoms with van der Waals surface area (Å²) in [4.78, 5) is 16.1. The Morgan fingerprint density at radius 3 is 2.42 bits per heavy atom. The van der Waals surface area contributed by atoms with Gasteiger partial charge in [0.1, 0.15) is 5.82 Å². The van der Waals surface area contributed by atoms with Gasteiger partial charge in [-0.25, -0.2) is 9.97 Å². The summed E-state index contributed by atoms with van der Waals surface area (Å²) in [5.74, 6) is 1.04. The molecule has 2 aromatic heterocycles. The molecule has 0 unspecified atom stereocenters. The Hall–Kier alpha value is -2.00. The van der Waals surface area contributed by atoms with Crippen LogP contribution in [0.1, 0.15) is 23.2 Å². The molecule has 3 aromatic rings. The van der Waals surface area contributed by atoms with Crippen molar-refractivity contribution in [1.82, 2.24) is 19.9 Å². The molecule has 0 aliphatic rings. The molecular weight excluding hydrogens is 549 g/mol. The lowest BCUT2D eigenvalue weighted by molar-refractivity contribution is 0.405. The third-order valence-corrected chi connectivity index (χ3v) is 5.36. The molecule has 2 heterocycles. The van der Waals surface area contributed by atoms with Crippen LogP contribution in [0.25, 0.3) is 0 Å². The van der Waals surface area contributed by atoms with Gasteiger partial charge in [-0.2, -0.15) is 0 Å². The lowest BCUT2D eigenvalue weighted by Crippen LogP contribution is -2.42. The SMILES string of the molecule is Cc1cc(Br)cnc1N(CCN(CCCc1c[nH]cn1)C(=N)N)Cc1ccccc1.Cl.Cl.Cl. The van der Waals surface area contributed by atoms with Crippen molar-refractivity contribution in [3.8, 4) is 0 Å². The van der Waals surface area contributed by atoms with Crippen LogP contribution in [-0.2, 0) is 13.0 Å². The fraction of sp³-hybridized carbons (Fsp3) is 0.318. The molecule has 0 bridgehead atoms. The Bertz CT molecular complexity index is 942. The molecule has 0 aliphatic carbocycles. The highest BCUT2D eigenvalue weighted by molar-refractivity contribution is 9.10. The van der Waals surface area contributed by atoms with Crippen LogP contribution < -0.4 is 10.6 Å². The van der Waals surface area contributed by atoms with E-state index >= 15 is 0 Å². The fourth-order valence-electron chi connectivity index (χ4n) is 3.40. The number of pyridine rings is 1. The highest BCUT2D eigenvalue weighted by Crippen LogP contribution is 2.22. The van der Waals surface area contributed by atoms with E-state index in [0.717, 1.165) is 40.9 Å². The maximum Gasteiger partial charge on any atom is 0.188 e. The quantitative estimate of drug-likeness (QED) is 0.233. The van der Waals surface area contributed by atoms with E-state index in [1.807, 2.05) is 35.5 Å². The van der Waals surface area contributed by atoms with E-state index in [1.54, 1.807) is 6.33 Å². The van der Waals surface area contributed by atoms with E-state index in [2.05, 4.69) is 60.9 Å². The van der Waals surface area contributed by atoms with Crippen molar-refractivity contribution in [2.24, 2.45) is 5.73 Å². The van der Waals surface area contributed by atoms with Gasteiger partial charge in [-0.3, -0.25) is 5.41 Å². The van der Waals surface area contributed by atoms with Gasteiger partial charge in [-0.05, 0) is 52.9 Å². The van der Waals surface area contributed by atoms with Crippen molar-refractivity contribution in [2.75, 3.05) is 24.5 Å². The molecule has 0 fully saturated rings. The topological polar surface area (TPSA) is 97.9 Å². The van der Waals surface area contributed by atoms with Crippen LogP contribution in [0.4, 0.5) is 5.82 Å². The minimum absolute atomic E-state index is 0. The number of nitrogens with zero attached hydrogens (tertiary/aromatic N) is 4. The first-order valence-corrected chi connectivity index (χ1v) is 10.8. The molecule has 33 heavy (non-hydrogen) atoms. The summed E-state index contributed by atoms with van der Waals surface area (Å²) < 4.78 is 0.965. The molecular formula is C22H31BrCl3N7. The molecule has 11 heteroatoms. The lowest BCUT2D eigenvalue weighted by Gasteiger charge is -2.30. The van der Waals surface area contributed by atoms with E-state index in [-0.39, 0.29) is 43.2 Å². The summed E-state index contributed by atoms with van der Waals surface area (Å²) in [6.07, 6.45) is 7.16. The van der Waals surface area contributed by atoms with Crippen molar-refractivity contribution in [3.05, 3.63) is 76.4 Å². The van der Waals surface area contributed by atoms with Crippen LogP contribution in [0.15, 0.2) is 59.6 Å². The van der Waals surface area contributed by atoms with Gasteiger partial charge in [0.25, 0.3) is 0 Å². The first-order valence-electron chi connectivity index (χ1n) is 10.0. The van der Waals surface area contributed by atoms with Crippen molar-refractivity contribution < 1.29 is 0 Å². The third-order valence-electron chi connectivity index (χ3n) is 4.93. The number of aryl methyl sites for hydroxylation is 2. The van der Waals surface area contributed by atoms with E-state index in [4.69, 9.17) is 11.1 Å². The largest absolute Gasteiger partial charge is 0.370 e. The molecule has 1 aromatic carbocycles. The molecule has 4 N–H and O–H groups in total. The van der Waals surface area contributed by atoms with Crippen LogP contribution >= 0.6 is 53.2 Å². The van der Waals surface area contributed by atoms with Crippen molar-refractivity contribution in [2.45, 2.75) is 26.3 Å². The fourth-order valence-corrected chi connectivity index (χ4v) is 3.85. The molecule has 0 aliphatic heterocycles. The minimum Gasteiger partial charge on any atom is -0.370 e. The standard InChI is InChI=1S/C22H28BrN7.3ClH/c1-17-12-19(23)13-27-21(17)30(15-18-6-3-2-4-7-18)11-10-29(22(24)25)9-5-8-20-14-26-16-28-20;;;/h2-4,6-7,12-14,16H,5,8-11,15H2,1H3,(H3,24,25)(H,26,28);3*1H. The molecule has 7 nitrogen and oxygen atoms in total. The predicted octanol–water partition coefficient (Wildman–Crippen LogP) is 4.98. The van der Waals surface area contributed by atoms with Crippen molar-refractivity contribution in [1.29, 1.82) is 5.41 Å².